The molecule has 26 heavy (non-hydrogen) atoms. The highest BCUT2D eigenvalue weighted by Crippen LogP contribution is 2.25. The molecule has 142 valence electrons. The van der Waals surface area contributed by atoms with Crippen LogP contribution in [-0.4, -0.2) is 5.11 Å². The Morgan fingerprint density at radius 1 is 0.731 bits per heavy atom. The summed E-state index contributed by atoms with van der Waals surface area (Å²) in [5.41, 5.74) is 5.98. The van der Waals surface area contributed by atoms with Gasteiger partial charge in [-0.25, -0.2) is 0 Å². The highest BCUT2D eigenvalue weighted by Gasteiger charge is 2.06. The molecule has 0 aromatic heterocycles. The summed E-state index contributed by atoms with van der Waals surface area (Å²) in [6, 6.07) is 0. The Labute approximate surface area is 161 Å². The van der Waals surface area contributed by atoms with E-state index in [4.69, 9.17) is 0 Å². The first-order valence-electron chi connectivity index (χ1n) is 8.89. The molecule has 1 nitrogen and oxygen atoms in total. The molecule has 0 unspecified atom stereocenters. The molecule has 0 fully saturated rings. The Kier molecular flexibility index (Phi) is 13.6. The predicted molar refractivity (Wildman–Crippen MR) is 120 cm³/mol. The van der Waals surface area contributed by atoms with Gasteiger partial charge in [-0.05, 0) is 59.8 Å². The van der Waals surface area contributed by atoms with E-state index in [1.54, 1.807) is 6.08 Å². The third-order valence-corrected chi connectivity index (χ3v) is 3.48. The zero-order valence-electron chi connectivity index (χ0n) is 17.4. The minimum atomic E-state index is -0.00263. The molecule has 1 heteroatoms. The predicted octanol–water partition coefficient (Wildman–Crippen LogP) is 8.11. The molecular formula is C25H36O. The van der Waals surface area contributed by atoms with Crippen molar-refractivity contribution in [1.82, 2.24) is 0 Å². The number of aliphatic hydroxyl groups excluding tert-OH is 1. The highest BCUT2D eigenvalue weighted by molar-refractivity contribution is 5.56. The molecule has 0 spiro atoms. The third kappa shape index (κ3) is 11.1. The van der Waals surface area contributed by atoms with Crippen LogP contribution in [0.4, 0.5) is 0 Å². The van der Waals surface area contributed by atoms with Crippen molar-refractivity contribution in [3.8, 4) is 0 Å². The van der Waals surface area contributed by atoms with Crippen LogP contribution in [0.15, 0.2) is 109 Å². The van der Waals surface area contributed by atoms with Gasteiger partial charge < -0.3 is 5.11 Å². The lowest BCUT2D eigenvalue weighted by Gasteiger charge is -2.12. The first kappa shape index (κ1) is 25.7. The van der Waals surface area contributed by atoms with Crippen LogP contribution in [0, 0.1) is 0 Å². The summed E-state index contributed by atoms with van der Waals surface area (Å²) in [7, 11) is 0. The molecule has 0 radical (unpaired) electrons. The van der Waals surface area contributed by atoms with Crippen molar-refractivity contribution in [3.05, 3.63) is 109 Å². The van der Waals surface area contributed by atoms with Gasteiger partial charge in [0, 0.05) is 0 Å². The van der Waals surface area contributed by atoms with Gasteiger partial charge in [0.25, 0.3) is 0 Å². The van der Waals surface area contributed by atoms with Crippen LogP contribution in [0.3, 0.4) is 0 Å². The van der Waals surface area contributed by atoms with Crippen LogP contribution in [0.1, 0.15) is 47.5 Å². The smallest absolute Gasteiger partial charge is 0.108 e. The van der Waals surface area contributed by atoms with Crippen molar-refractivity contribution in [2.45, 2.75) is 47.5 Å². The quantitative estimate of drug-likeness (QED) is 0.328. The van der Waals surface area contributed by atoms with E-state index in [0.717, 1.165) is 45.4 Å². The van der Waals surface area contributed by atoms with Gasteiger partial charge in [0.15, 0.2) is 0 Å². The third-order valence-electron chi connectivity index (χ3n) is 3.48. The zero-order valence-corrected chi connectivity index (χ0v) is 17.4. The van der Waals surface area contributed by atoms with Gasteiger partial charge in [-0.3, -0.25) is 0 Å². The van der Waals surface area contributed by atoms with Gasteiger partial charge >= 0.3 is 0 Å². The number of allylic oxidation sites excluding steroid dienone is 11. The maximum Gasteiger partial charge on any atom is 0.108 e. The minimum absolute atomic E-state index is 0.00263. The Balaban J connectivity index is 0. The van der Waals surface area contributed by atoms with Crippen LogP contribution in [0.2, 0.25) is 0 Å². The van der Waals surface area contributed by atoms with Crippen molar-refractivity contribution >= 4 is 0 Å². The molecule has 0 atom stereocenters. The second-order valence-electron chi connectivity index (χ2n) is 6.21. The maximum atomic E-state index is 9.24. The molecule has 0 saturated heterocycles. The van der Waals surface area contributed by atoms with Crippen molar-refractivity contribution in [3.63, 3.8) is 0 Å². The summed E-state index contributed by atoms with van der Waals surface area (Å²) in [6.07, 6.45) is 9.51. The fourth-order valence-electron chi connectivity index (χ4n) is 1.70. The molecule has 0 aliphatic carbocycles. The van der Waals surface area contributed by atoms with E-state index in [0.29, 0.717) is 0 Å². The fraction of sp³-hybridized carbons (Fsp3) is 0.280. The maximum absolute atomic E-state index is 9.24. The topological polar surface area (TPSA) is 20.2 Å². The number of rotatable bonds is 9. The van der Waals surface area contributed by atoms with Crippen molar-refractivity contribution in [2.75, 3.05) is 0 Å². The molecule has 0 saturated carbocycles. The van der Waals surface area contributed by atoms with E-state index in [1.165, 1.54) is 6.42 Å². The van der Waals surface area contributed by atoms with E-state index in [-0.39, 0.29) is 5.76 Å². The molecule has 0 aromatic carbocycles. The van der Waals surface area contributed by atoms with Gasteiger partial charge in [0.2, 0.25) is 0 Å². The van der Waals surface area contributed by atoms with E-state index < -0.39 is 0 Å². The van der Waals surface area contributed by atoms with Gasteiger partial charge in [-0.1, -0.05) is 90.5 Å². The van der Waals surface area contributed by atoms with Crippen molar-refractivity contribution in [1.29, 1.82) is 0 Å². The molecule has 0 aliphatic rings. The Bertz CT molecular complexity index is 660. The summed E-state index contributed by atoms with van der Waals surface area (Å²) in [4.78, 5) is 0. The zero-order chi connectivity index (χ0) is 20.9. The van der Waals surface area contributed by atoms with Crippen LogP contribution < -0.4 is 0 Å². The lowest BCUT2D eigenvalue weighted by atomic mass is 9.94. The summed E-state index contributed by atoms with van der Waals surface area (Å²) in [6.45, 7) is 33.6. The number of aliphatic hydroxyl groups is 1. The average Bonchev–Trinajstić information content (AvgIpc) is 2.57. The normalized spacial score (nSPS) is 11.4. The Morgan fingerprint density at radius 3 is 1.54 bits per heavy atom. The second kappa shape index (κ2) is 13.7. The monoisotopic (exact) mass is 352 g/mol. The van der Waals surface area contributed by atoms with Gasteiger partial charge in [0.1, 0.15) is 5.76 Å². The van der Waals surface area contributed by atoms with E-state index in [1.807, 2.05) is 32.1 Å². The largest absolute Gasteiger partial charge is 0.509 e. The lowest BCUT2D eigenvalue weighted by Crippen LogP contribution is -1.93. The summed E-state index contributed by atoms with van der Waals surface area (Å²) in [5.74, 6) is -0.00263. The fourth-order valence-corrected chi connectivity index (χ4v) is 1.70. The van der Waals surface area contributed by atoms with Crippen LogP contribution in [0.5, 0.6) is 0 Å². The van der Waals surface area contributed by atoms with Crippen molar-refractivity contribution in [2.24, 2.45) is 0 Å². The van der Waals surface area contributed by atoms with Crippen LogP contribution >= 0.6 is 0 Å². The molecule has 0 rings (SSSR count). The molecule has 0 heterocycles. The molecule has 0 aliphatic heterocycles. The van der Waals surface area contributed by atoms with E-state index >= 15 is 0 Å². The van der Waals surface area contributed by atoms with Crippen LogP contribution in [-0.2, 0) is 0 Å². The number of hydrogen-bond acceptors (Lipinski definition) is 1. The Morgan fingerprint density at radius 2 is 1.15 bits per heavy atom. The summed E-state index contributed by atoms with van der Waals surface area (Å²) < 4.78 is 0. The van der Waals surface area contributed by atoms with Crippen molar-refractivity contribution < 1.29 is 5.11 Å². The SMILES string of the molecule is C=C(O)/C=C(/C)C(=C)C(=C)/C(C)=C\C(=C)C(=C)/C=C\C(=C)CC.CCC. The van der Waals surface area contributed by atoms with E-state index in [2.05, 4.69) is 60.2 Å². The first-order chi connectivity index (χ1) is 12.0. The molecule has 0 amide bonds. The molecule has 0 bridgehead atoms. The van der Waals surface area contributed by atoms with Gasteiger partial charge in [-0.2, -0.15) is 0 Å². The van der Waals surface area contributed by atoms with Gasteiger partial charge in [0.05, 0.1) is 0 Å². The lowest BCUT2D eigenvalue weighted by molar-refractivity contribution is 0.434. The first-order valence-corrected chi connectivity index (χ1v) is 8.89. The summed E-state index contributed by atoms with van der Waals surface area (Å²) in [5, 5.41) is 9.24. The summed E-state index contributed by atoms with van der Waals surface area (Å²) >= 11 is 0. The highest BCUT2D eigenvalue weighted by atomic mass is 16.3. The minimum Gasteiger partial charge on any atom is -0.509 e. The van der Waals surface area contributed by atoms with Gasteiger partial charge in [-0.15, -0.1) is 0 Å². The Hall–Kier alpha value is -2.54. The number of hydrogen-bond donors (Lipinski definition) is 1. The standard InChI is InChI=1S/C22H28O.C3H8/c1-10-15(2)11-12-16(3)17(4)13-18(5)21(8)22(9)19(6)14-20(7)23;1-3-2/h11-14,23H,2-4,7-10H2,1,5-6H3;3H2,1-2H3/b12-11-,18-13-,19-14-;. The molecule has 1 N–H and O–H groups in total. The average molecular weight is 353 g/mol. The van der Waals surface area contributed by atoms with E-state index in [9.17, 15) is 5.11 Å². The molecule has 0 aromatic rings. The molecular weight excluding hydrogens is 316 g/mol. The van der Waals surface area contributed by atoms with Crippen LogP contribution in [0.25, 0.3) is 0 Å². The second-order valence-corrected chi connectivity index (χ2v) is 6.21.